The Hall–Kier alpha value is -2.86. The van der Waals surface area contributed by atoms with E-state index in [4.69, 9.17) is 9.88 Å². The maximum absolute atomic E-state index is 13.3. The van der Waals surface area contributed by atoms with E-state index in [1.807, 2.05) is 0 Å². The standard InChI is InChI=1S/C23H27F3N4O4S/c1-22(2,34-19-6-4-3-5-18(19)23(24,25)26)21(31)29-14-11-15-7-8-16(12-14)30(15)20-10-9-17(13-28-20)35(27,32)33/h3-6,9-10,13-16H,7-8,11-12H2,1-2H3,(H,29,31)(H2,27,32,33)/t14?,15-,16+. The van der Waals surface area contributed by atoms with Crippen LogP contribution < -0.4 is 20.1 Å². The van der Waals surface area contributed by atoms with Crippen LogP contribution in [-0.2, 0) is 21.0 Å². The van der Waals surface area contributed by atoms with Gasteiger partial charge in [-0.05, 0) is 63.8 Å². The molecule has 2 aromatic rings. The number of carbonyl (C=O) groups excluding carboxylic acids is 1. The summed E-state index contributed by atoms with van der Waals surface area (Å²) in [6.07, 6.45) is -0.360. The van der Waals surface area contributed by atoms with Gasteiger partial charge in [-0.15, -0.1) is 0 Å². The van der Waals surface area contributed by atoms with Crippen LogP contribution in [0.2, 0.25) is 0 Å². The van der Waals surface area contributed by atoms with E-state index in [0.29, 0.717) is 18.7 Å². The number of sulfonamides is 1. The van der Waals surface area contributed by atoms with Gasteiger partial charge in [0.15, 0.2) is 5.60 Å². The highest BCUT2D eigenvalue weighted by molar-refractivity contribution is 7.89. The van der Waals surface area contributed by atoms with Gasteiger partial charge in [0, 0.05) is 24.3 Å². The average Bonchev–Trinajstić information content (AvgIpc) is 3.03. The Bertz CT molecular complexity index is 1190. The summed E-state index contributed by atoms with van der Waals surface area (Å²) in [4.78, 5) is 19.4. The molecule has 2 bridgehead atoms. The molecule has 0 aliphatic carbocycles. The maximum atomic E-state index is 13.3. The first-order chi connectivity index (χ1) is 16.3. The number of amides is 1. The minimum absolute atomic E-state index is 0.0647. The van der Waals surface area contributed by atoms with Crippen LogP contribution in [0.1, 0.15) is 45.1 Å². The number of fused-ring (bicyclic) bond motifs is 2. The lowest BCUT2D eigenvalue weighted by molar-refractivity contribution is -0.143. The van der Waals surface area contributed by atoms with Crippen molar-refractivity contribution in [2.45, 2.75) is 74.3 Å². The summed E-state index contributed by atoms with van der Waals surface area (Å²) in [5, 5.41) is 8.09. The Balaban J connectivity index is 1.42. The van der Waals surface area contributed by atoms with Crippen molar-refractivity contribution in [1.29, 1.82) is 0 Å². The maximum Gasteiger partial charge on any atom is 0.419 e. The molecule has 0 radical (unpaired) electrons. The third-order valence-electron chi connectivity index (χ3n) is 6.49. The molecule has 12 heteroatoms. The number of pyridine rings is 1. The van der Waals surface area contributed by atoms with E-state index in [2.05, 4.69) is 15.2 Å². The number of anilines is 1. The normalized spacial score (nSPS) is 22.7. The Morgan fingerprint density at radius 2 is 1.74 bits per heavy atom. The molecule has 8 nitrogen and oxygen atoms in total. The number of aromatic nitrogens is 1. The fraction of sp³-hybridized carbons (Fsp3) is 0.478. The van der Waals surface area contributed by atoms with Gasteiger partial charge >= 0.3 is 6.18 Å². The molecule has 3 N–H and O–H groups in total. The summed E-state index contributed by atoms with van der Waals surface area (Å²) < 4.78 is 68.5. The molecule has 2 aliphatic heterocycles. The summed E-state index contributed by atoms with van der Waals surface area (Å²) in [6.45, 7) is 2.88. The fourth-order valence-electron chi connectivity index (χ4n) is 4.83. The highest BCUT2D eigenvalue weighted by Gasteiger charge is 2.44. The van der Waals surface area contributed by atoms with Crippen molar-refractivity contribution >= 4 is 21.7 Å². The van der Waals surface area contributed by atoms with Gasteiger partial charge in [-0.3, -0.25) is 4.79 Å². The third kappa shape index (κ3) is 5.37. The van der Waals surface area contributed by atoms with Crippen LogP contribution >= 0.6 is 0 Å². The highest BCUT2D eigenvalue weighted by Crippen LogP contribution is 2.40. The molecule has 2 saturated heterocycles. The van der Waals surface area contributed by atoms with Crippen LogP contribution in [0.5, 0.6) is 5.75 Å². The van der Waals surface area contributed by atoms with Crippen LogP contribution in [-0.4, -0.2) is 43.0 Å². The number of hydrogen-bond acceptors (Lipinski definition) is 6. The SMILES string of the molecule is CC(C)(Oc1ccccc1C(F)(F)F)C(=O)NC1C[C@H]2CC[C@@H](C1)N2c1ccc(S(N)(=O)=O)cn1. The minimum Gasteiger partial charge on any atom is -0.477 e. The molecule has 4 rings (SSSR count). The molecule has 3 atom stereocenters. The zero-order valence-electron chi connectivity index (χ0n) is 19.2. The predicted octanol–water partition coefficient (Wildman–Crippen LogP) is 3.22. The molecule has 1 aromatic carbocycles. The number of nitrogens with two attached hydrogens (primary N) is 1. The summed E-state index contributed by atoms with van der Waals surface area (Å²) in [6, 6.07) is 7.84. The monoisotopic (exact) mass is 512 g/mol. The number of nitrogens with one attached hydrogen (secondary N) is 1. The van der Waals surface area contributed by atoms with Crippen molar-refractivity contribution in [3.63, 3.8) is 0 Å². The summed E-state index contributed by atoms with van der Waals surface area (Å²) in [5.74, 6) is -0.255. The van der Waals surface area contributed by atoms with E-state index in [1.165, 1.54) is 44.3 Å². The molecule has 1 amide bonds. The number of nitrogens with zero attached hydrogens (tertiary/aromatic N) is 2. The molecule has 1 aromatic heterocycles. The number of hydrogen-bond donors (Lipinski definition) is 2. The number of alkyl halides is 3. The summed E-state index contributed by atoms with van der Waals surface area (Å²) in [5.41, 5.74) is -2.46. The molecule has 3 heterocycles. The van der Waals surface area contributed by atoms with E-state index < -0.39 is 39.0 Å². The quantitative estimate of drug-likeness (QED) is 0.614. The molecule has 2 aliphatic rings. The zero-order chi connectivity index (χ0) is 25.6. The Morgan fingerprint density at radius 1 is 1.11 bits per heavy atom. The first-order valence-corrected chi connectivity index (χ1v) is 12.7. The number of primary sulfonamides is 1. The number of halogens is 3. The molecule has 35 heavy (non-hydrogen) atoms. The number of piperidine rings is 1. The Labute approximate surface area is 201 Å². The van der Waals surface area contributed by atoms with Gasteiger partial charge in [-0.25, -0.2) is 18.5 Å². The minimum atomic E-state index is -4.60. The van der Waals surface area contributed by atoms with E-state index in [1.54, 1.807) is 6.07 Å². The number of rotatable bonds is 6. The number of ether oxygens (including phenoxy) is 1. The lowest BCUT2D eigenvalue weighted by atomic mass is 9.96. The van der Waals surface area contributed by atoms with E-state index in [-0.39, 0.29) is 23.0 Å². The van der Waals surface area contributed by atoms with Crippen molar-refractivity contribution in [3.05, 3.63) is 48.2 Å². The second-order valence-corrected chi connectivity index (χ2v) is 11.0. The van der Waals surface area contributed by atoms with Gasteiger partial charge in [-0.1, -0.05) is 12.1 Å². The van der Waals surface area contributed by atoms with Crippen molar-refractivity contribution in [2.24, 2.45) is 5.14 Å². The second kappa shape index (κ2) is 8.98. The molecular formula is C23H27F3N4O4S. The molecule has 1 unspecified atom stereocenters. The fourth-order valence-corrected chi connectivity index (χ4v) is 5.29. The van der Waals surface area contributed by atoms with E-state index >= 15 is 0 Å². The summed E-state index contributed by atoms with van der Waals surface area (Å²) in [7, 11) is -3.83. The lowest BCUT2D eigenvalue weighted by Crippen LogP contribution is -2.55. The lowest BCUT2D eigenvalue weighted by Gasteiger charge is -2.41. The summed E-state index contributed by atoms with van der Waals surface area (Å²) >= 11 is 0. The smallest absolute Gasteiger partial charge is 0.419 e. The first-order valence-electron chi connectivity index (χ1n) is 11.2. The van der Waals surface area contributed by atoms with Crippen molar-refractivity contribution in [3.8, 4) is 5.75 Å². The van der Waals surface area contributed by atoms with Crippen LogP contribution in [0.25, 0.3) is 0 Å². The largest absolute Gasteiger partial charge is 0.477 e. The van der Waals surface area contributed by atoms with E-state index in [0.717, 1.165) is 18.9 Å². The predicted molar refractivity (Wildman–Crippen MR) is 122 cm³/mol. The molecular weight excluding hydrogens is 485 g/mol. The van der Waals surface area contributed by atoms with Crippen LogP contribution in [0.4, 0.5) is 19.0 Å². The Morgan fingerprint density at radius 3 is 2.29 bits per heavy atom. The number of carbonyl (C=O) groups is 1. The van der Waals surface area contributed by atoms with Gasteiger partial charge < -0.3 is 15.0 Å². The van der Waals surface area contributed by atoms with Gasteiger partial charge in [-0.2, -0.15) is 13.2 Å². The molecule has 0 saturated carbocycles. The van der Waals surface area contributed by atoms with Crippen molar-refractivity contribution in [1.82, 2.24) is 10.3 Å². The van der Waals surface area contributed by atoms with Crippen molar-refractivity contribution < 1.29 is 31.1 Å². The molecule has 2 fully saturated rings. The van der Waals surface area contributed by atoms with Crippen LogP contribution in [0, 0.1) is 0 Å². The second-order valence-electron chi connectivity index (χ2n) is 9.44. The van der Waals surface area contributed by atoms with Crippen LogP contribution in [0.15, 0.2) is 47.5 Å². The van der Waals surface area contributed by atoms with Crippen LogP contribution in [0.3, 0.4) is 0 Å². The number of benzene rings is 1. The van der Waals surface area contributed by atoms with Gasteiger partial charge in [0.25, 0.3) is 5.91 Å². The average molecular weight is 513 g/mol. The van der Waals surface area contributed by atoms with Gasteiger partial charge in [0.1, 0.15) is 16.5 Å². The zero-order valence-corrected chi connectivity index (χ0v) is 20.1. The third-order valence-corrected chi connectivity index (χ3v) is 7.39. The molecule has 0 spiro atoms. The van der Waals surface area contributed by atoms with E-state index in [9.17, 15) is 26.4 Å². The van der Waals surface area contributed by atoms with Gasteiger partial charge in [0.2, 0.25) is 10.0 Å². The van der Waals surface area contributed by atoms with Crippen molar-refractivity contribution in [2.75, 3.05) is 4.90 Å². The number of para-hydroxylation sites is 1. The highest BCUT2D eigenvalue weighted by atomic mass is 32.2. The first kappa shape index (κ1) is 25.2. The Kier molecular flexibility index (Phi) is 6.47. The molecule has 190 valence electrons. The van der Waals surface area contributed by atoms with Gasteiger partial charge in [0.05, 0.1) is 5.56 Å². The topological polar surface area (TPSA) is 115 Å².